The molecule has 6 nitrogen and oxygen atoms in total. The molecule has 3 heterocycles. The van der Waals surface area contributed by atoms with Gasteiger partial charge in [-0.2, -0.15) is 4.68 Å². The number of hydrogen-bond donors (Lipinski definition) is 0. The molecule has 0 saturated carbocycles. The van der Waals surface area contributed by atoms with Crippen LogP contribution in [0, 0.1) is 6.92 Å². The van der Waals surface area contributed by atoms with Gasteiger partial charge in [0, 0.05) is 18.2 Å². The summed E-state index contributed by atoms with van der Waals surface area (Å²) in [6, 6.07) is 13.8. The molecule has 0 spiro atoms. The van der Waals surface area contributed by atoms with Crippen LogP contribution in [0.1, 0.15) is 31.7 Å². The second-order valence-corrected chi connectivity index (χ2v) is 6.51. The largest absolute Gasteiger partial charge is 0.381 e. The molecule has 3 aromatic rings. The molecule has 1 aromatic carbocycles. The Bertz CT molecular complexity index is 947. The van der Waals surface area contributed by atoms with Gasteiger partial charge in [-0.25, -0.2) is 9.97 Å². The lowest BCUT2D eigenvalue weighted by Crippen LogP contribution is -2.27. The molecular formula is C19H19N5O. The van der Waals surface area contributed by atoms with Crippen LogP contribution in [0.5, 0.6) is 0 Å². The Hall–Kier alpha value is -3.02. The first-order valence-electron chi connectivity index (χ1n) is 8.23. The predicted octanol–water partition coefficient (Wildman–Crippen LogP) is 3.65. The van der Waals surface area contributed by atoms with Crippen molar-refractivity contribution < 1.29 is 4.84 Å². The van der Waals surface area contributed by atoms with Crippen molar-refractivity contribution in [3.05, 3.63) is 60.0 Å². The van der Waals surface area contributed by atoms with Crippen LogP contribution in [0.2, 0.25) is 0 Å². The minimum atomic E-state index is -0.659. The van der Waals surface area contributed by atoms with Gasteiger partial charge >= 0.3 is 0 Å². The first-order valence-corrected chi connectivity index (χ1v) is 8.23. The molecule has 1 aliphatic heterocycles. The summed E-state index contributed by atoms with van der Waals surface area (Å²) in [5.74, 6) is 2.10. The van der Waals surface area contributed by atoms with Crippen molar-refractivity contribution in [1.82, 2.24) is 19.7 Å². The first kappa shape index (κ1) is 15.5. The van der Waals surface area contributed by atoms with Crippen molar-refractivity contribution in [3.63, 3.8) is 0 Å². The number of rotatable bonds is 3. The molecule has 0 saturated heterocycles. The van der Waals surface area contributed by atoms with E-state index in [2.05, 4.69) is 10.1 Å². The zero-order valence-electron chi connectivity index (χ0n) is 14.5. The summed E-state index contributed by atoms with van der Waals surface area (Å²) in [7, 11) is 0. The first-order chi connectivity index (χ1) is 12.1. The van der Waals surface area contributed by atoms with Crippen LogP contribution in [0.4, 0.5) is 0 Å². The van der Waals surface area contributed by atoms with Crippen LogP contribution in [0.3, 0.4) is 0 Å². The lowest BCUT2D eigenvalue weighted by Gasteiger charge is -2.21. The van der Waals surface area contributed by atoms with Crippen molar-refractivity contribution in [1.29, 1.82) is 0 Å². The second-order valence-electron chi connectivity index (χ2n) is 6.51. The van der Waals surface area contributed by atoms with E-state index in [1.165, 1.54) is 0 Å². The summed E-state index contributed by atoms with van der Waals surface area (Å²) in [5.41, 5.74) is 2.26. The molecule has 2 aromatic heterocycles. The van der Waals surface area contributed by atoms with E-state index >= 15 is 0 Å². The third-order valence-electron chi connectivity index (χ3n) is 4.29. The average Bonchev–Trinajstić information content (AvgIpc) is 3.21. The molecule has 0 aliphatic carbocycles. The maximum Gasteiger partial charge on any atom is 0.199 e. The minimum Gasteiger partial charge on any atom is -0.381 e. The summed E-state index contributed by atoms with van der Waals surface area (Å²) in [6.45, 7) is 5.95. The summed E-state index contributed by atoms with van der Waals surface area (Å²) >= 11 is 0. The highest BCUT2D eigenvalue weighted by Crippen LogP contribution is 2.35. The Kier molecular flexibility index (Phi) is 3.60. The lowest BCUT2D eigenvalue weighted by atomic mass is 9.99. The molecule has 0 unspecified atom stereocenters. The van der Waals surface area contributed by atoms with Crippen molar-refractivity contribution >= 4 is 5.71 Å². The van der Waals surface area contributed by atoms with E-state index in [4.69, 9.17) is 14.9 Å². The topological polar surface area (TPSA) is 65.2 Å². The number of benzene rings is 1. The van der Waals surface area contributed by atoms with E-state index in [1.54, 1.807) is 10.9 Å². The highest BCUT2D eigenvalue weighted by molar-refractivity contribution is 5.83. The number of pyridine rings is 1. The van der Waals surface area contributed by atoms with Crippen molar-refractivity contribution in [2.75, 3.05) is 0 Å². The van der Waals surface area contributed by atoms with E-state index in [0.29, 0.717) is 18.1 Å². The molecule has 126 valence electrons. The fourth-order valence-electron chi connectivity index (χ4n) is 3.06. The number of oxime groups is 1. The molecular weight excluding hydrogens is 314 g/mol. The Balaban J connectivity index is 1.90. The molecule has 4 rings (SSSR count). The number of aromatic nitrogens is 4. The van der Waals surface area contributed by atoms with Gasteiger partial charge in [0.15, 0.2) is 23.1 Å². The van der Waals surface area contributed by atoms with Crippen LogP contribution in [-0.2, 0) is 10.4 Å². The normalized spacial score (nSPS) is 19.6. The summed E-state index contributed by atoms with van der Waals surface area (Å²) < 4.78 is 1.78. The molecule has 0 radical (unpaired) electrons. The second kappa shape index (κ2) is 5.81. The highest BCUT2D eigenvalue weighted by atomic mass is 16.7. The van der Waals surface area contributed by atoms with Gasteiger partial charge in [-0.3, -0.25) is 0 Å². The van der Waals surface area contributed by atoms with Gasteiger partial charge in [-0.15, -0.1) is 5.10 Å². The third-order valence-corrected chi connectivity index (χ3v) is 4.29. The maximum atomic E-state index is 5.73. The molecule has 1 atom stereocenters. The van der Waals surface area contributed by atoms with E-state index in [1.807, 2.05) is 63.2 Å². The standard InChI is InChI=1S/C19H19N5O/c1-13-8-7-11-20-17(13)24-18(19(3)12-14(2)23-25-19)21-16(22-24)15-9-5-4-6-10-15/h4-11H,12H2,1-3H3/t19-/m1/s1. The lowest BCUT2D eigenvalue weighted by molar-refractivity contribution is -0.0160. The molecule has 6 heteroatoms. The van der Waals surface area contributed by atoms with Gasteiger partial charge in [0.25, 0.3) is 0 Å². The summed E-state index contributed by atoms with van der Waals surface area (Å²) in [4.78, 5) is 15.0. The monoisotopic (exact) mass is 333 g/mol. The third kappa shape index (κ3) is 2.69. The van der Waals surface area contributed by atoms with Crippen LogP contribution in [0.15, 0.2) is 53.8 Å². The fourth-order valence-corrected chi connectivity index (χ4v) is 3.06. The van der Waals surface area contributed by atoms with E-state index < -0.39 is 5.60 Å². The van der Waals surface area contributed by atoms with E-state index in [0.717, 1.165) is 22.7 Å². The van der Waals surface area contributed by atoms with Gasteiger partial charge in [0.05, 0.1) is 5.71 Å². The molecule has 1 aliphatic rings. The van der Waals surface area contributed by atoms with Crippen LogP contribution in [-0.4, -0.2) is 25.5 Å². The minimum absolute atomic E-state index is 0.648. The van der Waals surface area contributed by atoms with Crippen molar-refractivity contribution in [2.45, 2.75) is 32.8 Å². The van der Waals surface area contributed by atoms with Gasteiger partial charge < -0.3 is 4.84 Å². The Morgan fingerprint density at radius 3 is 2.56 bits per heavy atom. The Morgan fingerprint density at radius 1 is 1.08 bits per heavy atom. The quantitative estimate of drug-likeness (QED) is 0.734. The van der Waals surface area contributed by atoms with Gasteiger partial charge in [0.1, 0.15) is 0 Å². The van der Waals surface area contributed by atoms with Gasteiger partial charge in [0.2, 0.25) is 0 Å². The highest BCUT2D eigenvalue weighted by Gasteiger charge is 2.40. The SMILES string of the molecule is CC1=NO[C@@](C)(c2nc(-c3ccccc3)nn2-c2ncccc2C)C1. The summed E-state index contributed by atoms with van der Waals surface area (Å²) in [6.07, 6.45) is 2.43. The van der Waals surface area contributed by atoms with Gasteiger partial charge in [-0.05, 0) is 32.4 Å². The van der Waals surface area contributed by atoms with E-state index in [9.17, 15) is 0 Å². The molecule has 0 N–H and O–H groups in total. The fraction of sp³-hybridized carbons (Fsp3) is 0.263. The van der Waals surface area contributed by atoms with Crippen LogP contribution >= 0.6 is 0 Å². The zero-order chi connectivity index (χ0) is 17.4. The van der Waals surface area contributed by atoms with Crippen LogP contribution < -0.4 is 0 Å². The number of nitrogens with zero attached hydrogens (tertiary/aromatic N) is 5. The smallest absolute Gasteiger partial charge is 0.199 e. The molecule has 0 fully saturated rings. The Labute approximate surface area is 146 Å². The number of aryl methyl sites for hydroxylation is 1. The van der Waals surface area contributed by atoms with Crippen molar-refractivity contribution in [3.8, 4) is 17.2 Å². The number of hydrogen-bond acceptors (Lipinski definition) is 5. The predicted molar refractivity (Wildman–Crippen MR) is 95.5 cm³/mol. The van der Waals surface area contributed by atoms with Gasteiger partial charge in [-0.1, -0.05) is 41.6 Å². The van der Waals surface area contributed by atoms with Crippen LogP contribution in [0.25, 0.3) is 17.2 Å². The maximum absolute atomic E-state index is 5.73. The van der Waals surface area contributed by atoms with Crippen molar-refractivity contribution in [2.24, 2.45) is 5.16 Å². The molecule has 0 bridgehead atoms. The zero-order valence-corrected chi connectivity index (χ0v) is 14.5. The molecule has 25 heavy (non-hydrogen) atoms. The van der Waals surface area contributed by atoms with E-state index in [-0.39, 0.29) is 0 Å². The molecule has 0 amide bonds. The Morgan fingerprint density at radius 2 is 1.88 bits per heavy atom. The average molecular weight is 333 g/mol. The summed E-state index contributed by atoms with van der Waals surface area (Å²) in [5, 5.41) is 8.86.